The average molecular weight is 369 g/mol. The van der Waals surface area contributed by atoms with Gasteiger partial charge in [-0.3, -0.25) is 0 Å². The minimum absolute atomic E-state index is 0.0320. The van der Waals surface area contributed by atoms with Crippen molar-refractivity contribution >= 4 is 50.4 Å². The van der Waals surface area contributed by atoms with Crippen LogP contribution in [0.5, 0.6) is 11.5 Å². The molecule has 0 aliphatic rings. The first-order valence-corrected chi connectivity index (χ1v) is 8.10. The van der Waals surface area contributed by atoms with Gasteiger partial charge < -0.3 is 14.6 Å². The van der Waals surface area contributed by atoms with Crippen molar-refractivity contribution in [3.8, 4) is 11.5 Å². The van der Waals surface area contributed by atoms with Crippen molar-refractivity contribution in [1.82, 2.24) is 9.97 Å². The molecule has 0 bridgehead atoms. The molecule has 0 amide bonds. The Kier molecular flexibility index (Phi) is 3.77. The summed E-state index contributed by atoms with van der Waals surface area (Å²) in [5.41, 5.74) is 1.80. The number of aromatic nitrogens is 2. The maximum Gasteiger partial charge on any atom is 0.341 e. The summed E-state index contributed by atoms with van der Waals surface area (Å²) in [7, 11) is 2.99. The fourth-order valence-corrected chi connectivity index (χ4v) is 3.37. The summed E-state index contributed by atoms with van der Waals surface area (Å²) in [5.74, 6) is -0.259. The molecule has 6 nitrogen and oxygen atoms in total. The number of hydrogen-bond acceptors (Lipinski definition) is 5. The van der Waals surface area contributed by atoms with Gasteiger partial charge in [0.2, 0.25) is 0 Å². The van der Waals surface area contributed by atoms with Gasteiger partial charge in [0.1, 0.15) is 22.6 Å². The quantitative estimate of drug-likeness (QED) is 0.428. The Morgan fingerprint density at radius 1 is 0.923 bits per heavy atom. The summed E-state index contributed by atoms with van der Waals surface area (Å²) >= 11 is 6.41. The van der Waals surface area contributed by atoms with E-state index in [-0.39, 0.29) is 16.8 Å². The van der Waals surface area contributed by atoms with Crippen LogP contribution >= 0.6 is 11.6 Å². The number of hydrogen-bond donors (Lipinski definition) is 1. The topological polar surface area (TPSA) is 81.5 Å². The lowest BCUT2D eigenvalue weighted by Gasteiger charge is -2.12. The lowest BCUT2D eigenvalue weighted by molar-refractivity contribution is 0.0695. The maximum atomic E-state index is 11.8. The van der Waals surface area contributed by atoms with Gasteiger partial charge in [-0.25, -0.2) is 14.8 Å². The molecule has 4 rings (SSSR count). The van der Waals surface area contributed by atoms with Gasteiger partial charge >= 0.3 is 5.97 Å². The molecule has 0 spiro atoms. The highest BCUT2D eigenvalue weighted by Crippen LogP contribution is 2.37. The Morgan fingerprint density at radius 3 is 2.27 bits per heavy atom. The van der Waals surface area contributed by atoms with Gasteiger partial charge in [0.25, 0.3) is 0 Å². The number of fused-ring (bicyclic) bond motifs is 4. The van der Waals surface area contributed by atoms with Gasteiger partial charge in [-0.15, -0.1) is 0 Å². The van der Waals surface area contributed by atoms with Crippen LogP contribution in [0.3, 0.4) is 0 Å². The number of methoxy groups -OCH3 is 2. The molecule has 0 unspecified atom stereocenters. The van der Waals surface area contributed by atoms with Crippen LogP contribution in [-0.4, -0.2) is 35.3 Å². The van der Waals surface area contributed by atoms with E-state index in [2.05, 4.69) is 9.97 Å². The first-order chi connectivity index (χ1) is 12.5. The van der Waals surface area contributed by atoms with Crippen molar-refractivity contribution in [3.05, 3.63) is 47.0 Å². The summed E-state index contributed by atoms with van der Waals surface area (Å²) in [4.78, 5) is 20.9. The minimum Gasteiger partial charge on any atom is -0.496 e. The van der Waals surface area contributed by atoms with Crippen LogP contribution in [0.15, 0.2) is 36.4 Å². The van der Waals surface area contributed by atoms with Crippen molar-refractivity contribution in [2.45, 2.75) is 0 Å². The zero-order valence-corrected chi connectivity index (χ0v) is 14.7. The highest BCUT2D eigenvalue weighted by Gasteiger charge is 2.19. The van der Waals surface area contributed by atoms with E-state index in [9.17, 15) is 9.90 Å². The molecule has 3 aromatic carbocycles. The van der Waals surface area contributed by atoms with Gasteiger partial charge in [0.15, 0.2) is 0 Å². The zero-order chi connectivity index (χ0) is 18.4. The second-order valence-electron chi connectivity index (χ2n) is 5.64. The van der Waals surface area contributed by atoms with Crippen LogP contribution in [0, 0.1) is 0 Å². The molecule has 0 aliphatic heterocycles. The SMILES string of the molecule is COc1ccc2nc3ccc4c(OC)ccc(Cl)c4c3nc2c1C(=O)O. The van der Waals surface area contributed by atoms with Crippen LogP contribution in [-0.2, 0) is 0 Å². The van der Waals surface area contributed by atoms with Crippen LogP contribution < -0.4 is 9.47 Å². The van der Waals surface area contributed by atoms with Crippen LogP contribution in [0.25, 0.3) is 32.8 Å². The molecule has 0 atom stereocenters. The molecule has 0 fully saturated rings. The molecule has 0 aliphatic carbocycles. The summed E-state index contributed by atoms with van der Waals surface area (Å²) in [6, 6.07) is 10.4. The van der Waals surface area contributed by atoms with Gasteiger partial charge in [-0.05, 0) is 36.4 Å². The number of carbonyl (C=O) groups is 1. The normalized spacial score (nSPS) is 11.2. The fraction of sp³-hybridized carbons (Fsp3) is 0.105. The fourth-order valence-electron chi connectivity index (χ4n) is 3.11. The third-order valence-corrected chi connectivity index (χ3v) is 4.59. The van der Waals surface area contributed by atoms with E-state index in [4.69, 9.17) is 21.1 Å². The molecular weight excluding hydrogens is 356 g/mol. The summed E-state index contributed by atoms with van der Waals surface area (Å²) < 4.78 is 10.6. The highest BCUT2D eigenvalue weighted by atomic mass is 35.5. The lowest BCUT2D eigenvalue weighted by Crippen LogP contribution is -2.04. The first-order valence-electron chi connectivity index (χ1n) is 7.72. The maximum absolute atomic E-state index is 11.8. The second-order valence-corrected chi connectivity index (χ2v) is 6.05. The summed E-state index contributed by atoms with van der Waals surface area (Å²) in [6.07, 6.45) is 0. The summed E-state index contributed by atoms with van der Waals surface area (Å²) in [5, 5.41) is 11.6. The van der Waals surface area contributed by atoms with Crippen LogP contribution in [0.1, 0.15) is 10.4 Å². The number of aromatic carboxylic acids is 1. The van der Waals surface area contributed by atoms with E-state index in [0.717, 1.165) is 5.39 Å². The van der Waals surface area contributed by atoms with Gasteiger partial charge in [0, 0.05) is 10.8 Å². The van der Waals surface area contributed by atoms with Gasteiger partial charge in [-0.2, -0.15) is 0 Å². The predicted octanol–water partition coefficient (Wildman–Crippen LogP) is 4.31. The standard InChI is InChI=1S/C19H13ClN2O4/c1-25-13-7-4-10(20)15-9(13)3-5-11-17(15)22-18-12(21-11)6-8-14(26-2)16(18)19(23)24/h3-8H,1-2H3,(H,23,24). The molecule has 26 heavy (non-hydrogen) atoms. The van der Waals surface area contributed by atoms with E-state index in [1.54, 1.807) is 31.4 Å². The number of carboxylic acid groups (broad SMARTS) is 1. The lowest BCUT2D eigenvalue weighted by atomic mass is 10.1. The second kappa shape index (κ2) is 6.00. The number of rotatable bonds is 3. The monoisotopic (exact) mass is 368 g/mol. The Bertz CT molecular complexity index is 1210. The number of benzene rings is 3. The molecule has 1 N–H and O–H groups in total. The highest BCUT2D eigenvalue weighted by molar-refractivity contribution is 6.38. The van der Waals surface area contributed by atoms with Crippen LogP contribution in [0.2, 0.25) is 5.02 Å². The van der Waals surface area contributed by atoms with E-state index in [1.165, 1.54) is 7.11 Å². The molecule has 0 saturated carbocycles. The minimum atomic E-state index is -1.13. The number of halogens is 1. The average Bonchev–Trinajstić information content (AvgIpc) is 2.65. The molecule has 1 heterocycles. The number of nitrogens with zero attached hydrogens (tertiary/aromatic N) is 2. The van der Waals surface area contributed by atoms with Crippen molar-refractivity contribution in [1.29, 1.82) is 0 Å². The number of ether oxygens (including phenoxy) is 2. The Morgan fingerprint density at radius 2 is 1.58 bits per heavy atom. The largest absolute Gasteiger partial charge is 0.496 e. The Hall–Kier alpha value is -3.12. The molecule has 1 aromatic heterocycles. The summed E-state index contributed by atoms with van der Waals surface area (Å²) in [6.45, 7) is 0. The van der Waals surface area contributed by atoms with Gasteiger partial charge in [-0.1, -0.05) is 11.6 Å². The number of carboxylic acids is 1. The molecule has 7 heteroatoms. The third-order valence-electron chi connectivity index (χ3n) is 4.28. The van der Waals surface area contributed by atoms with Gasteiger partial charge in [0.05, 0.1) is 35.8 Å². The van der Waals surface area contributed by atoms with Crippen LogP contribution in [0.4, 0.5) is 0 Å². The molecule has 0 saturated heterocycles. The van der Waals surface area contributed by atoms with Crippen molar-refractivity contribution in [2.24, 2.45) is 0 Å². The molecular formula is C19H13ClN2O4. The molecule has 0 radical (unpaired) electrons. The van der Waals surface area contributed by atoms with Crippen molar-refractivity contribution in [2.75, 3.05) is 14.2 Å². The first kappa shape index (κ1) is 16.4. The van der Waals surface area contributed by atoms with E-state index in [1.807, 2.05) is 12.1 Å². The third kappa shape index (κ3) is 2.30. The molecule has 130 valence electrons. The smallest absolute Gasteiger partial charge is 0.341 e. The van der Waals surface area contributed by atoms with Crippen molar-refractivity contribution in [3.63, 3.8) is 0 Å². The Balaban J connectivity index is 2.23. The van der Waals surface area contributed by atoms with E-state index in [0.29, 0.717) is 32.7 Å². The predicted molar refractivity (Wildman–Crippen MR) is 99.6 cm³/mol. The van der Waals surface area contributed by atoms with E-state index >= 15 is 0 Å². The Labute approximate surface area is 152 Å². The van der Waals surface area contributed by atoms with E-state index < -0.39 is 5.97 Å². The van der Waals surface area contributed by atoms with Crippen molar-refractivity contribution < 1.29 is 19.4 Å². The zero-order valence-electron chi connectivity index (χ0n) is 13.9. The molecule has 4 aromatic rings.